The van der Waals surface area contributed by atoms with Gasteiger partial charge in [0.15, 0.2) is 13.0 Å². The van der Waals surface area contributed by atoms with E-state index in [0.717, 1.165) is 17.0 Å². The number of pyridine rings is 1. The first kappa shape index (κ1) is 15.3. The number of aryl methyl sites for hydroxylation is 1. The molecule has 5 nitrogen and oxygen atoms in total. The minimum atomic E-state index is -4.36. The highest BCUT2D eigenvalue weighted by Crippen LogP contribution is 2.17. The molecule has 0 saturated heterocycles. The van der Waals surface area contributed by atoms with E-state index >= 15 is 0 Å². The number of alkyl halides is 3. The number of hydrogen-bond acceptors (Lipinski definition) is 5. The fourth-order valence-corrected chi connectivity index (χ4v) is 1.57. The molecule has 0 aliphatic heterocycles. The van der Waals surface area contributed by atoms with Gasteiger partial charge in [-0.05, 0) is 12.5 Å². The standard InChI is InChI=1S/C13H14F3N3O2/c1-9-11(21-8-19-9)6-17-4-10-2-3-12(18-5-10)20-7-13(14,15)16/h2-3,5,8,17H,4,6-7H2,1H3. The second-order valence-corrected chi connectivity index (χ2v) is 4.37. The summed E-state index contributed by atoms with van der Waals surface area (Å²) in [5, 5.41) is 3.13. The molecule has 0 aromatic carbocycles. The summed E-state index contributed by atoms with van der Waals surface area (Å²) >= 11 is 0. The Morgan fingerprint density at radius 2 is 2.05 bits per heavy atom. The topological polar surface area (TPSA) is 60.2 Å². The van der Waals surface area contributed by atoms with Crippen LogP contribution in [-0.2, 0) is 13.1 Å². The zero-order valence-corrected chi connectivity index (χ0v) is 11.3. The van der Waals surface area contributed by atoms with Gasteiger partial charge in [0, 0.05) is 18.8 Å². The Labute approximate surface area is 119 Å². The van der Waals surface area contributed by atoms with Gasteiger partial charge in [0.25, 0.3) is 0 Å². The largest absolute Gasteiger partial charge is 0.468 e. The number of ether oxygens (including phenoxy) is 1. The average molecular weight is 301 g/mol. The van der Waals surface area contributed by atoms with Crippen molar-refractivity contribution >= 4 is 0 Å². The van der Waals surface area contributed by atoms with Gasteiger partial charge in [-0.3, -0.25) is 0 Å². The lowest BCUT2D eigenvalue weighted by Crippen LogP contribution is -2.19. The molecule has 8 heteroatoms. The van der Waals surface area contributed by atoms with Crippen LogP contribution >= 0.6 is 0 Å². The predicted molar refractivity (Wildman–Crippen MR) is 67.6 cm³/mol. The summed E-state index contributed by atoms with van der Waals surface area (Å²) in [5.41, 5.74) is 1.64. The summed E-state index contributed by atoms with van der Waals surface area (Å²) in [6, 6.07) is 3.06. The van der Waals surface area contributed by atoms with Crippen LogP contribution in [0, 0.1) is 6.92 Å². The van der Waals surface area contributed by atoms with Crippen LogP contribution in [0.25, 0.3) is 0 Å². The highest BCUT2D eigenvalue weighted by Gasteiger charge is 2.28. The molecule has 1 N–H and O–H groups in total. The van der Waals surface area contributed by atoms with Crippen molar-refractivity contribution in [2.24, 2.45) is 0 Å². The molecular formula is C13H14F3N3O2. The Morgan fingerprint density at radius 1 is 1.24 bits per heavy atom. The summed E-state index contributed by atoms with van der Waals surface area (Å²) in [4.78, 5) is 7.78. The van der Waals surface area contributed by atoms with Crippen molar-refractivity contribution in [3.63, 3.8) is 0 Å². The van der Waals surface area contributed by atoms with Crippen molar-refractivity contribution in [2.75, 3.05) is 6.61 Å². The zero-order chi connectivity index (χ0) is 15.3. The number of hydrogen-bond donors (Lipinski definition) is 1. The van der Waals surface area contributed by atoms with Crippen LogP contribution in [0.5, 0.6) is 5.88 Å². The molecule has 114 valence electrons. The SMILES string of the molecule is Cc1ncoc1CNCc1ccc(OCC(F)(F)F)nc1. The summed E-state index contributed by atoms with van der Waals surface area (Å²) in [6.45, 7) is 1.52. The molecule has 0 saturated carbocycles. The van der Waals surface area contributed by atoms with Gasteiger partial charge in [0.1, 0.15) is 5.76 Å². The normalized spacial score (nSPS) is 11.6. The van der Waals surface area contributed by atoms with E-state index in [1.54, 1.807) is 6.07 Å². The minimum Gasteiger partial charge on any atom is -0.468 e. The van der Waals surface area contributed by atoms with Crippen molar-refractivity contribution in [3.05, 3.63) is 41.7 Å². The summed E-state index contributed by atoms with van der Waals surface area (Å²) < 4.78 is 45.6. The van der Waals surface area contributed by atoms with E-state index in [1.807, 2.05) is 6.92 Å². The summed E-state index contributed by atoms with van der Waals surface area (Å²) in [7, 11) is 0. The van der Waals surface area contributed by atoms with Crippen molar-refractivity contribution in [2.45, 2.75) is 26.2 Å². The number of aromatic nitrogens is 2. The van der Waals surface area contributed by atoms with E-state index in [9.17, 15) is 13.2 Å². The van der Waals surface area contributed by atoms with Crippen molar-refractivity contribution < 1.29 is 22.3 Å². The molecule has 0 aliphatic rings. The Balaban J connectivity index is 1.78. The smallest absolute Gasteiger partial charge is 0.422 e. The summed E-state index contributed by atoms with van der Waals surface area (Å²) in [5.74, 6) is 0.690. The molecular weight excluding hydrogens is 287 g/mol. The van der Waals surface area contributed by atoms with Crippen LogP contribution in [0.2, 0.25) is 0 Å². The number of nitrogens with zero attached hydrogens (tertiary/aromatic N) is 2. The van der Waals surface area contributed by atoms with E-state index in [4.69, 9.17) is 4.42 Å². The fourth-order valence-electron chi connectivity index (χ4n) is 1.57. The van der Waals surface area contributed by atoms with Crippen LogP contribution in [0.3, 0.4) is 0 Å². The van der Waals surface area contributed by atoms with Gasteiger partial charge in [0.2, 0.25) is 5.88 Å². The van der Waals surface area contributed by atoms with Crippen molar-refractivity contribution in [1.29, 1.82) is 0 Å². The maximum Gasteiger partial charge on any atom is 0.422 e. The van der Waals surface area contributed by atoms with Crippen LogP contribution in [-0.4, -0.2) is 22.8 Å². The Hall–Kier alpha value is -2.09. The van der Waals surface area contributed by atoms with E-state index in [0.29, 0.717) is 13.1 Å². The Kier molecular flexibility index (Phi) is 4.79. The van der Waals surface area contributed by atoms with E-state index in [2.05, 4.69) is 20.0 Å². The molecule has 0 aliphatic carbocycles. The highest BCUT2D eigenvalue weighted by molar-refractivity contribution is 5.18. The number of nitrogens with one attached hydrogen (secondary N) is 1. The predicted octanol–water partition coefficient (Wildman–Crippen LogP) is 2.61. The molecule has 0 unspecified atom stereocenters. The van der Waals surface area contributed by atoms with Crippen molar-refractivity contribution in [3.8, 4) is 5.88 Å². The molecule has 0 amide bonds. The molecule has 0 fully saturated rings. The minimum absolute atomic E-state index is 0.0536. The molecule has 2 rings (SSSR count). The molecule has 2 aromatic rings. The maximum absolute atomic E-state index is 12.0. The van der Waals surface area contributed by atoms with Crippen LogP contribution < -0.4 is 10.1 Å². The van der Waals surface area contributed by atoms with Gasteiger partial charge in [0.05, 0.1) is 12.2 Å². The number of rotatable bonds is 6. The first-order valence-electron chi connectivity index (χ1n) is 6.18. The average Bonchev–Trinajstić information content (AvgIpc) is 2.83. The highest BCUT2D eigenvalue weighted by atomic mass is 19.4. The lowest BCUT2D eigenvalue weighted by Gasteiger charge is -2.08. The van der Waals surface area contributed by atoms with E-state index < -0.39 is 12.8 Å². The quantitative estimate of drug-likeness (QED) is 0.888. The van der Waals surface area contributed by atoms with Crippen molar-refractivity contribution in [1.82, 2.24) is 15.3 Å². The number of oxazole rings is 1. The molecule has 2 aromatic heterocycles. The Bertz CT molecular complexity index is 567. The summed E-state index contributed by atoms with van der Waals surface area (Å²) in [6.07, 6.45) is -1.52. The van der Waals surface area contributed by atoms with Gasteiger partial charge < -0.3 is 14.5 Å². The lowest BCUT2D eigenvalue weighted by atomic mass is 10.3. The zero-order valence-electron chi connectivity index (χ0n) is 11.3. The van der Waals surface area contributed by atoms with E-state index in [1.165, 1.54) is 18.7 Å². The lowest BCUT2D eigenvalue weighted by molar-refractivity contribution is -0.154. The monoisotopic (exact) mass is 301 g/mol. The van der Waals surface area contributed by atoms with Crippen LogP contribution in [0.15, 0.2) is 29.1 Å². The van der Waals surface area contributed by atoms with Crippen LogP contribution in [0.4, 0.5) is 13.2 Å². The van der Waals surface area contributed by atoms with Gasteiger partial charge >= 0.3 is 6.18 Å². The fraction of sp³-hybridized carbons (Fsp3) is 0.385. The molecule has 0 radical (unpaired) electrons. The van der Waals surface area contributed by atoms with E-state index in [-0.39, 0.29) is 5.88 Å². The van der Waals surface area contributed by atoms with Gasteiger partial charge in [-0.1, -0.05) is 6.07 Å². The molecule has 21 heavy (non-hydrogen) atoms. The molecule has 0 bridgehead atoms. The molecule has 0 spiro atoms. The second kappa shape index (κ2) is 6.57. The third kappa shape index (κ3) is 5.07. The third-order valence-corrected chi connectivity index (χ3v) is 2.64. The second-order valence-electron chi connectivity index (χ2n) is 4.37. The number of halogens is 3. The third-order valence-electron chi connectivity index (χ3n) is 2.64. The van der Waals surface area contributed by atoms with Gasteiger partial charge in [-0.25, -0.2) is 9.97 Å². The van der Waals surface area contributed by atoms with Gasteiger partial charge in [-0.2, -0.15) is 13.2 Å². The van der Waals surface area contributed by atoms with Crippen LogP contribution in [0.1, 0.15) is 17.0 Å². The van der Waals surface area contributed by atoms with Gasteiger partial charge in [-0.15, -0.1) is 0 Å². The molecule has 0 atom stereocenters. The first-order chi connectivity index (χ1) is 9.94. The Morgan fingerprint density at radius 3 is 2.62 bits per heavy atom. The first-order valence-corrected chi connectivity index (χ1v) is 6.18. The molecule has 2 heterocycles. The maximum atomic E-state index is 12.0.